The Bertz CT molecular complexity index is 933. The van der Waals surface area contributed by atoms with Crippen LogP contribution in [0, 0.1) is 0 Å². The molecule has 0 aliphatic carbocycles. The molecule has 0 saturated heterocycles. The molecule has 7 nitrogen and oxygen atoms in total. The Morgan fingerprint density at radius 2 is 1.57 bits per heavy atom. The molecule has 162 valence electrons. The monoisotopic (exact) mass is 431 g/mol. The van der Waals surface area contributed by atoms with Crippen molar-refractivity contribution in [1.29, 1.82) is 0 Å². The molecule has 2 amide bonds. The van der Waals surface area contributed by atoms with Gasteiger partial charge in [-0.15, -0.1) is 0 Å². The van der Waals surface area contributed by atoms with Crippen LogP contribution in [-0.4, -0.2) is 51.0 Å². The number of hydrogen-bond donors (Lipinski definition) is 1. The number of benzene rings is 2. The van der Waals surface area contributed by atoms with Gasteiger partial charge in [0.25, 0.3) is 0 Å². The highest BCUT2D eigenvalue weighted by molar-refractivity contribution is 7.92. The molecule has 0 aliphatic heterocycles. The molecule has 0 aromatic heterocycles. The number of carbonyl (C=O) groups is 2. The fraction of sp³-hybridized carbons (Fsp3) is 0.364. The molecule has 0 radical (unpaired) electrons. The van der Waals surface area contributed by atoms with E-state index in [1.807, 2.05) is 36.4 Å². The molecule has 2 rings (SSSR count). The molecule has 2 aromatic rings. The van der Waals surface area contributed by atoms with Crippen LogP contribution in [0.15, 0.2) is 60.7 Å². The predicted molar refractivity (Wildman–Crippen MR) is 118 cm³/mol. The van der Waals surface area contributed by atoms with E-state index in [1.165, 1.54) is 16.3 Å². The number of nitrogens with zero attached hydrogens (tertiary/aromatic N) is 2. The fourth-order valence-corrected chi connectivity index (χ4v) is 4.14. The minimum Gasteiger partial charge on any atom is -0.357 e. The van der Waals surface area contributed by atoms with Crippen molar-refractivity contribution in [3.63, 3.8) is 0 Å². The van der Waals surface area contributed by atoms with Gasteiger partial charge < -0.3 is 10.2 Å². The maximum absolute atomic E-state index is 13.0. The number of anilines is 1. The second-order valence-electron chi connectivity index (χ2n) is 7.07. The van der Waals surface area contributed by atoms with Crippen molar-refractivity contribution in [3.8, 4) is 0 Å². The fourth-order valence-electron chi connectivity index (χ4n) is 3.17. The van der Waals surface area contributed by atoms with Crippen LogP contribution in [0.25, 0.3) is 0 Å². The molecule has 0 saturated carbocycles. The normalized spacial score (nSPS) is 12.1. The highest BCUT2D eigenvalue weighted by Crippen LogP contribution is 2.18. The maximum Gasteiger partial charge on any atom is 0.242 e. The van der Waals surface area contributed by atoms with Crippen LogP contribution in [0.5, 0.6) is 0 Å². The summed E-state index contributed by atoms with van der Waals surface area (Å²) in [7, 11) is -1.94. The van der Waals surface area contributed by atoms with Gasteiger partial charge in [0, 0.05) is 26.6 Å². The van der Waals surface area contributed by atoms with Crippen LogP contribution < -0.4 is 9.62 Å². The lowest BCUT2D eigenvalue weighted by Gasteiger charge is -2.29. The summed E-state index contributed by atoms with van der Waals surface area (Å²) >= 11 is 0. The van der Waals surface area contributed by atoms with Crippen molar-refractivity contribution in [1.82, 2.24) is 10.2 Å². The Balaban J connectivity index is 2.09. The van der Waals surface area contributed by atoms with Crippen molar-refractivity contribution in [2.45, 2.75) is 32.4 Å². The molecule has 30 heavy (non-hydrogen) atoms. The van der Waals surface area contributed by atoms with Crippen LogP contribution in [0.4, 0.5) is 5.69 Å². The van der Waals surface area contributed by atoms with Gasteiger partial charge in [0.2, 0.25) is 21.8 Å². The summed E-state index contributed by atoms with van der Waals surface area (Å²) in [5.74, 6) is -0.446. The summed E-state index contributed by atoms with van der Waals surface area (Å²) in [4.78, 5) is 26.6. The number of carbonyl (C=O) groups excluding carboxylic acids is 2. The van der Waals surface area contributed by atoms with E-state index in [4.69, 9.17) is 0 Å². The average molecular weight is 432 g/mol. The number of likely N-dealkylation sites (N-methyl/N-ethyl adjacent to an activating group) is 1. The maximum atomic E-state index is 13.0. The van der Waals surface area contributed by atoms with Crippen molar-refractivity contribution in [2.75, 3.05) is 24.2 Å². The van der Waals surface area contributed by atoms with Crippen LogP contribution in [-0.2, 0) is 26.2 Å². The number of hydrogen-bond acceptors (Lipinski definition) is 4. The molecule has 1 atom stereocenters. The lowest BCUT2D eigenvalue weighted by atomic mass is 10.1. The third-order valence-electron chi connectivity index (χ3n) is 4.81. The van der Waals surface area contributed by atoms with Crippen molar-refractivity contribution >= 4 is 27.5 Å². The first-order chi connectivity index (χ1) is 14.2. The Morgan fingerprint density at radius 3 is 2.10 bits per heavy atom. The van der Waals surface area contributed by atoms with E-state index in [2.05, 4.69) is 5.32 Å². The lowest BCUT2D eigenvalue weighted by molar-refractivity contribution is -0.140. The van der Waals surface area contributed by atoms with E-state index in [1.54, 1.807) is 31.2 Å². The SMILES string of the molecule is CNC(=O)C(C)N(Cc1ccccc1)C(=O)CCCN(c1ccccc1)S(C)(=O)=O. The smallest absolute Gasteiger partial charge is 0.242 e. The second kappa shape index (κ2) is 10.8. The van der Waals surface area contributed by atoms with Gasteiger partial charge in [0.05, 0.1) is 11.9 Å². The summed E-state index contributed by atoms with van der Waals surface area (Å²) in [5.41, 5.74) is 1.48. The molecule has 1 unspecified atom stereocenters. The molecule has 0 spiro atoms. The molecule has 2 aromatic carbocycles. The standard InChI is InChI=1S/C22H29N3O4S/c1-18(22(27)23-2)24(17-19-11-6-4-7-12-19)21(26)15-10-16-25(30(3,28)29)20-13-8-5-9-14-20/h4-9,11-14,18H,10,15-17H2,1-3H3,(H,23,27). The van der Waals surface area contributed by atoms with E-state index in [9.17, 15) is 18.0 Å². The highest BCUT2D eigenvalue weighted by atomic mass is 32.2. The summed E-state index contributed by atoms with van der Waals surface area (Å²) in [6, 6.07) is 17.6. The third-order valence-corrected chi connectivity index (χ3v) is 6.00. The van der Waals surface area contributed by atoms with Crippen LogP contribution in [0.2, 0.25) is 0 Å². The summed E-state index contributed by atoms with van der Waals surface area (Å²) in [6.07, 6.45) is 1.62. The van der Waals surface area contributed by atoms with E-state index >= 15 is 0 Å². The van der Waals surface area contributed by atoms with Gasteiger partial charge in [-0.1, -0.05) is 48.5 Å². The summed E-state index contributed by atoms with van der Waals surface area (Å²) < 4.78 is 25.7. The Morgan fingerprint density at radius 1 is 1.00 bits per heavy atom. The predicted octanol–water partition coefficient (Wildman–Crippen LogP) is 2.40. The number of rotatable bonds is 10. The van der Waals surface area contributed by atoms with E-state index < -0.39 is 16.1 Å². The Kier molecular flexibility index (Phi) is 8.41. The number of nitrogens with one attached hydrogen (secondary N) is 1. The largest absolute Gasteiger partial charge is 0.357 e. The molecule has 0 fully saturated rings. The van der Waals surface area contributed by atoms with Gasteiger partial charge in [-0.25, -0.2) is 8.42 Å². The van der Waals surface area contributed by atoms with Gasteiger partial charge >= 0.3 is 0 Å². The van der Waals surface area contributed by atoms with Crippen LogP contribution in [0.1, 0.15) is 25.3 Å². The first kappa shape index (κ1) is 23.4. The van der Waals surface area contributed by atoms with Crippen molar-refractivity contribution in [3.05, 3.63) is 66.2 Å². The summed E-state index contributed by atoms with van der Waals surface area (Å²) in [5, 5.41) is 2.58. The topological polar surface area (TPSA) is 86.8 Å². The van der Waals surface area contributed by atoms with Gasteiger partial charge in [-0.3, -0.25) is 13.9 Å². The van der Waals surface area contributed by atoms with Crippen molar-refractivity contribution < 1.29 is 18.0 Å². The summed E-state index contributed by atoms with van der Waals surface area (Å²) in [6.45, 7) is 2.18. The van der Waals surface area contributed by atoms with Gasteiger partial charge in [0.15, 0.2) is 0 Å². The molecule has 1 N–H and O–H groups in total. The Hall–Kier alpha value is -2.87. The number of amides is 2. The average Bonchev–Trinajstić information content (AvgIpc) is 2.74. The quantitative estimate of drug-likeness (QED) is 0.626. The third kappa shape index (κ3) is 6.59. The molecular formula is C22H29N3O4S. The van der Waals surface area contributed by atoms with Gasteiger partial charge in [-0.05, 0) is 31.0 Å². The zero-order chi connectivity index (χ0) is 22.1. The molecule has 8 heteroatoms. The first-order valence-electron chi connectivity index (χ1n) is 9.81. The molecular weight excluding hydrogens is 402 g/mol. The van der Waals surface area contributed by atoms with E-state index in [-0.39, 0.29) is 24.8 Å². The Labute approximate surface area is 178 Å². The minimum absolute atomic E-state index is 0.132. The van der Waals surface area contributed by atoms with Gasteiger partial charge in [-0.2, -0.15) is 0 Å². The molecule has 0 aliphatic rings. The molecule has 0 bridgehead atoms. The minimum atomic E-state index is -3.47. The first-order valence-corrected chi connectivity index (χ1v) is 11.7. The van der Waals surface area contributed by atoms with Gasteiger partial charge in [0.1, 0.15) is 6.04 Å². The van der Waals surface area contributed by atoms with Crippen LogP contribution >= 0.6 is 0 Å². The van der Waals surface area contributed by atoms with E-state index in [0.29, 0.717) is 18.7 Å². The lowest BCUT2D eigenvalue weighted by Crippen LogP contribution is -2.46. The molecule has 0 heterocycles. The zero-order valence-corrected chi connectivity index (χ0v) is 18.4. The zero-order valence-electron chi connectivity index (χ0n) is 17.6. The highest BCUT2D eigenvalue weighted by Gasteiger charge is 2.26. The van der Waals surface area contributed by atoms with Crippen molar-refractivity contribution in [2.24, 2.45) is 0 Å². The van der Waals surface area contributed by atoms with Crippen LogP contribution in [0.3, 0.4) is 0 Å². The number of sulfonamides is 1. The number of para-hydroxylation sites is 1. The second-order valence-corrected chi connectivity index (χ2v) is 8.98. The van der Waals surface area contributed by atoms with E-state index in [0.717, 1.165) is 11.8 Å².